The second kappa shape index (κ2) is 4.75. The van der Waals surface area contributed by atoms with Crippen LogP contribution in [-0.4, -0.2) is 7.05 Å². The fraction of sp³-hybridized carbons (Fsp3) is 0.368. The summed E-state index contributed by atoms with van der Waals surface area (Å²) in [6, 6.07) is 16.5. The Kier molecular flexibility index (Phi) is 2.89. The fourth-order valence-electron chi connectivity index (χ4n) is 3.78. The third-order valence-corrected chi connectivity index (χ3v) is 5.11. The Bertz CT molecular complexity index is 640. The smallest absolute Gasteiger partial charge is 0.0346 e. The van der Waals surface area contributed by atoms with E-state index in [0.717, 1.165) is 12.3 Å². The molecule has 0 bridgehead atoms. The highest BCUT2D eigenvalue weighted by atomic mass is 14.9. The zero-order valence-corrected chi connectivity index (χ0v) is 12.0. The molecule has 1 fully saturated rings. The first-order chi connectivity index (χ1) is 9.86. The van der Waals surface area contributed by atoms with Crippen LogP contribution in [0.1, 0.15) is 42.0 Å². The van der Waals surface area contributed by atoms with Crippen molar-refractivity contribution in [2.75, 3.05) is 7.05 Å². The molecule has 1 unspecified atom stereocenters. The van der Waals surface area contributed by atoms with Crippen LogP contribution in [-0.2, 0) is 6.42 Å². The molecule has 0 saturated heterocycles. The van der Waals surface area contributed by atoms with Crippen molar-refractivity contribution in [2.24, 2.45) is 5.92 Å². The summed E-state index contributed by atoms with van der Waals surface area (Å²) < 4.78 is 0. The molecule has 0 radical (unpaired) electrons. The first-order valence-electron chi connectivity index (χ1n) is 7.75. The molecule has 0 aromatic heterocycles. The van der Waals surface area contributed by atoms with Crippen LogP contribution in [0.3, 0.4) is 0 Å². The lowest BCUT2D eigenvalue weighted by atomic mass is 9.77. The van der Waals surface area contributed by atoms with Crippen molar-refractivity contribution < 1.29 is 0 Å². The molecule has 1 nitrogen and oxygen atoms in total. The van der Waals surface area contributed by atoms with E-state index in [2.05, 4.69) is 54.8 Å². The van der Waals surface area contributed by atoms with Gasteiger partial charge in [0.15, 0.2) is 0 Å². The Morgan fingerprint density at radius 1 is 1.00 bits per heavy atom. The lowest BCUT2D eigenvalue weighted by molar-refractivity contribution is 0.239. The molecule has 0 spiro atoms. The summed E-state index contributed by atoms with van der Waals surface area (Å²) in [6.45, 7) is 0. The van der Waals surface area contributed by atoms with Crippen molar-refractivity contribution in [3.05, 3.63) is 59.2 Å². The summed E-state index contributed by atoms with van der Waals surface area (Å²) in [4.78, 5) is 0. The van der Waals surface area contributed by atoms with E-state index < -0.39 is 0 Å². The molecule has 4 rings (SSSR count). The SMILES string of the molecule is CNC(c1ccc2c(c1)-c1ccccc1C2)C1CCC1. The fourth-order valence-corrected chi connectivity index (χ4v) is 3.78. The molecule has 1 heteroatoms. The number of benzene rings is 2. The van der Waals surface area contributed by atoms with Gasteiger partial charge in [-0.2, -0.15) is 0 Å². The van der Waals surface area contributed by atoms with E-state index in [-0.39, 0.29) is 0 Å². The van der Waals surface area contributed by atoms with Crippen LogP contribution in [0.5, 0.6) is 0 Å². The van der Waals surface area contributed by atoms with Crippen LogP contribution < -0.4 is 5.32 Å². The number of hydrogen-bond donors (Lipinski definition) is 1. The van der Waals surface area contributed by atoms with Crippen molar-refractivity contribution in [3.8, 4) is 11.1 Å². The van der Waals surface area contributed by atoms with Gasteiger partial charge in [0.2, 0.25) is 0 Å². The van der Waals surface area contributed by atoms with E-state index in [4.69, 9.17) is 0 Å². The summed E-state index contributed by atoms with van der Waals surface area (Å²) in [5.41, 5.74) is 7.32. The number of fused-ring (bicyclic) bond motifs is 3. The second-order valence-corrected chi connectivity index (χ2v) is 6.21. The Morgan fingerprint density at radius 3 is 2.55 bits per heavy atom. The Balaban J connectivity index is 1.75. The highest BCUT2D eigenvalue weighted by Gasteiger charge is 2.28. The molecule has 2 aliphatic carbocycles. The van der Waals surface area contributed by atoms with Crippen molar-refractivity contribution in [1.29, 1.82) is 0 Å². The quantitative estimate of drug-likeness (QED) is 0.742. The molecule has 1 N–H and O–H groups in total. The van der Waals surface area contributed by atoms with Crippen LogP contribution in [0.4, 0.5) is 0 Å². The minimum Gasteiger partial charge on any atom is -0.313 e. The average Bonchev–Trinajstić information content (AvgIpc) is 2.80. The monoisotopic (exact) mass is 263 g/mol. The Hall–Kier alpha value is -1.60. The third-order valence-electron chi connectivity index (χ3n) is 5.11. The highest BCUT2D eigenvalue weighted by molar-refractivity contribution is 5.77. The lowest BCUT2D eigenvalue weighted by Gasteiger charge is -2.34. The zero-order chi connectivity index (χ0) is 13.5. The van der Waals surface area contributed by atoms with Gasteiger partial charge in [-0.1, -0.05) is 42.8 Å². The maximum Gasteiger partial charge on any atom is 0.0346 e. The van der Waals surface area contributed by atoms with Gasteiger partial charge in [-0.25, -0.2) is 0 Å². The van der Waals surface area contributed by atoms with Gasteiger partial charge in [-0.05, 0) is 66.1 Å². The highest BCUT2D eigenvalue weighted by Crippen LogP contribution is 2.41. The van der Waals surface area contributed by atoms with E-state index in [1.165, 1.54) is 47.1 Å². The summed E-state index contributed by atoms with van der Waals surface area (Å²) >= 11 is 0. The Labute approximate surface area is 121 Å². The van der Waals surface area contributed by atoms with Gasteiger partial charge >= 0.3 is 0 Å². The maximum atomic E-state index is 3.54. The van der Waals surface area contributed by atoms with E-state index in [0.29, 0.717) is 6.04 Å². The topological polar surface area (TPSA) is 12.0 Å². The minimum absolute atomic E-state index is 0.529. The molecule has 2 aromatic rings. The molecule has 2 aromatic carbocycles. The predicted molar refractivity (Wildman–Crippen MR) is 83.8 cm³/mol. The summed E-state index contributed by atoms with van der Waals surface area (Å²) in [5, 5.41) is 3.54. The summed E-state index contributed by atoms with van der Waals surface area (Å²) in [7, 11) is 2.10. The van der Waals surface area contributed by atoms with Gasteiger partial charge in [0.05, 0.1) is 0 Å². The molecule has 1 saturated carbocycles. The van der Waals surface area contributed by atoms with Crippen LogP contribution in [0, 0.1) is 5.92 Å². The zero-order valence-electron chi connectivity index (χ0n) is 12.0. The second-order valence-electron chi connectivity index (χ2n) is 6.21. The number of hydrogen-bond acceptors (Lipinski definition) is 1. The normalized spacial score (nSPS) is 18.2. The first kappa shape index (κ1) is 12.2. The van der Waals surface area contributed by atoms with Gasteiger partial charge in [-0.3, -0.25) is 0 Å². The van der Waals surface area contributed by atoms with E-state index >= 15 is 0 Å². The van der Waals surface area contributed by atoms with Crippen LogP contribution in [0.2, 0.25) is 0 Å². The molecule has 0 amide bonds. The molecule has 1 atom stereocenters. The lowest BCUT2D eigenvalue weighted by Crippen LogP contribution is -2.29. The Morgan fingerprint density at radius 2 is 1.80 bits per heavy atom. The van der Waals surface area contributed by atoms with Gasteiger partial charge < -0.3 is 5.32 Å². The van der Waals surface area contributed by atoms with Crippen molar-refractivity contribution in [2.45, 2.75) is 31.7 Å². The minimum atomic E-state index is 0.529. The number of nitrogens with one attached hydrogen (secondary N) is 1. The van der Waals surface area contributed by atoms with Crippen LogP contribution in [0.25, 0.3) is 11.1 Å². The van der Waals surface area contributed by atoms with E-state index in [1.807, 2.05) is 0 Å². The molecule has 102 valence electrons. The molecule has 0 heterocycles. The van der Waals surface area contributed by atoms with Crippen molar-refractivity contribution in [3.63, 3.8) is 0 Å². The first-order valence-corrected chi connectivity index (χ1v) is 7.75. The molecular weight excluding hydrogens is 242 g/mol. The average molecular weight is 263 g/mol. The van der Waals surface area contributed by atoms with Gasteiger partial charge in [-0.15, -0.1) is 0 Å². The van der Waals surface area contributed by atoms with Crippen molar-refractivity contribution in [1.82, 2.24) is 5.32 Å². The summed E-state index contributed by atoms with van der Waals surface area (Å²) in [5.74, 6) is 0.828. The van der Waals surface area contributed by atoms with E-state index in [1.54, 1.807) is 0 Å². The van der Waals surface area contributed by atoms with Crippen molar-refractivity contribution >= 4 is 0 Å². The predicted octanol–water partition coefficient (Wildman–Crippen LogP) is 4.32. The largest absolute Gasteiger partial charge is 0.313 e. The standard InChI is InChI=1S/C19H21N/c1-20-19(13-6-4-7-13)16-10-9-15-11-14-5-2-3-8-17(14)18(15)12-16/h2-3,5,8-10,12-13,19-20H,4,6-7,11H2,1H3. The van der Waals surface area contributed by atoms with Gasteiger partial charge in [0, 0.05) is 6.04 Å². The molecular formula is C19H21N. The van der Waals surface area contributed by atoms with Crippen LogP contribution >= 0.6 is 0 Å². The third kappa shape index (κ3) is 1.81. The van der Waals surface area contributed by atoms with E-state index in [9.17, 15) is 0 Å². The summed E-state index contributed by atoms with van der Waals surface area (Å²) in [6.07, 6.45) is 5.24. The van der Waals surface area contributed by atoms with Gasteiger partial charge in [0.1, 0.15) is 0 Å². The van der Waals surface area contributed by atoms with Gasteiger partial charge in [0.25, 0.3) is 0 Å². The molecule has 20 heavy (non-hydrogen) atoms. The molecule has 0 aliphatic heterocycles. The van der Waals surface area contributed by atoms with Crippen LogP contribution in [0.15, 0.2) is 42.5 Å². The molecule has 2 aliphatic rings. The number of rotatable bonds is 3. The maximum absolute atomic E-state index is 3.54.